The summed E-state index contributed by atoms with van der Waals surface area (Å²) in [6, 6.07) is -0.366. The Balaban J connectivity index is 2.00. The van der Waals surface area contributed by atoms with E-state index in [1.165, 1.54) is 0 Å². The van der Waals surface area contributed by atoms with Crippen LogP contribution in [0.3, 0.4) is 0 Å². The van der Waals surface area contributed by atoms with E-state index in [0.717, 1.165) is 0 Å². The van der Waals surface area contributed by atoms with E-state index in [2.05, 4.69) is 20.8 Å². The number of carbonyl (C=O) groups is 2. The van der Waals surface area contributed by atoms with E-state index < -0.39 is 5.97 Å². The summed E-state index contributed by atoms with van der Waals surface area (Å²) in [6.07, 6.45) is 0.448. The Hall–Kier alpha value is -2.16. The van der Waals surface area contributed by atoms with Crippen molar-refractivity contribution in [3.05, 3.63) is 11.7 Å². The first kappa shape index (κ1) is 14.9. The molecular weight excluding hydrogens is 256 g/mol. The molecule has 3 N–H and O–H groups in total. The van der Waals surface area contributed by atoms with E-state index in [-0.39, 0.29) is 25.8 Å². The zero-order chi connectivity index (χ0) is 14.1. The maximum absolute atomic E-state index is 11.3. The van der Waals surface area contributed by atoms with E-state index >= 15 is 0 Å². The highest BCUT2D eigenvalue weighted by Crippen LogP contribution is 1.95. The lowest BCUT2D eigenvalue weighted by Gasteiger charge is -2.06. The Bertz CT molecular complexity index is 420. The van der Waals surface area contributed by atoms with Gasteiger partial charge in [-0.05, 0) is 6.92 Å². The van der Waals surface area contributed by atoms with Gasteiger partial charge in [0.15, 0.2) is 5.82 Å². The Morgan fingerprint density at radius 2 is 2.11 bits per heavy atom. The summed E-state index contributed by atoms with van der Waals surface area (Å²) in [5, 5.41) is 17.0. The topological polar surface area (TPSA) is 127 Å². The summed E-state index contributed by atoms with van der Waals surface area (Å²) in [6.45, 7) is 2.08. The van der Waals surface area contributed by atoms with Crippen molar-refractivity contribution < 1.29 is 24.0 Å². The zero-order valence-electron chi connectivity index (χ0n) is 10.5. The van der Waals surface area contributed by atoms with E-state index in [1.807, 2.05) is 0 Å². The Kier molecular flexibility index (Phi) is 6.30. The molecule has 9 nitrogen and oxygen atoms in total. The molecule has 0 fully saturated rings. The van der Waals surface area contributed by atoms with Gasteiger partial charge in [-0.1, -0.05) is 5.16 Å². The lowest BCUT2D eigenvalue weighted by Crippen LogP contribution is -2.38. The molecule has 2 amide bonds. The molecule has 0 aliphatic carbocycles. The van der Waals surface area contributed by atoms with Crippen molar-refractivity contribution in [3.63, 3.8) is 0 Å². The standard InChI is InChI=1S/C10H16N4O5/c1-7-13-8(19-14-7)2-3-11-10(17)12-4-5-18-6-9(15)16/h2-6H2,1H3,(H,15,16)(H2,11,12,17). The number of nitrogens with zero attached hydrogens (tertiary/aromatic N) is 2. The van der Waals surface area contributed by atoms with Crippen LogP contribution in [0.4, 0.5) is 4.79 Å². The quantitative estimate of drug-likeness (QED) is 0.535. The molecule has 1 heterocycles. The molecule has 1 aromatic heterocycles. The van der Waals surface area contributed by atoms with E-state index in [9.17, 15) is 9.59 Å². The van der Waals surface area contributed by atoms with E-state index in [1.54, 1.807) is 6.92 Å². The summed E-state index contributed by atoms with van der Waals surface area (Å²) in [7, 11) is 0. The first-order chi connectivity index (χ1) is 9.08. The van der Waals surface area contributed by atoms with Crippen LogP contribution in [-0.4, -0.2) is 53.6 Å². The number of carboxylic acids is 1. The van der Waals surface area contributed by atoms with Gasteiger partial charge in [0.05, 0.1) is 6.61 Å². The number of amides is 2. The fourth-order valence-electron chi connectivity index (χ4n) is 1.18. The number of aliphatic carboxylic acids is 1. The predicted octanol–water partition coefficient (Wildman–Crippen LogP) is -0.679. The van der Waals surface area contributed by atoms with Crippen LogP contribution < -0.4 is 10.6 Å². The molecule has 1 rings (SSSR count). The lowest BCUT2D eigenvalue weighted by atomic mass is 10.4. The number of nitrogens with one attached hydrogen (secondary N) is 2. The van der Waals surface area contributed by atoms with Crippen LogP contribution in [-0.2, 0) is 16.0 Å². The molecule has 0 unspecified atom stereocenters. The third kappa shape index (κ3) is 6.99. The highest BCUT2D eigenvalue weighted by molar-refractivity contribution is 5.73. The minimum absolute atomic E-state index is 0.141. The van der Waals surface area contributed by atoms with E-state index in [4.69, 9.17) is 14.4 Å². The molecule has 106 valence electrons. The van der Waals surface area contributed by atoms with Gasteiger partial charge in [0.1, 0.15) is 6.61 Å². The molecule has 0 atom stereocenters. The van der Waals surface area contributed by atoms with Gasteiger partial charge < -0.3 is 25.0 Å². The van der Waals surface area contributed by atoms with Crippen molar-refractivity contribution in [2.45, 2.75) is 13.3 Å². The molecule has 0 radical (unpaired) electrons. The van der Waals surface area contributed by atoms with Crippen molar-refractivity contribution in [3.8, 4) is 0 Å². The normalized spacial score (nSPS) is 10.2. The molecule has 0 spiro atoms. The van der Waals surface area contributed by atoms with Gasteiger partial charge in [-0.3, -0.25) is 0 Å². The maximum atomic E-state index is 11.3. The molecule has 0 aromatic carbocycles. The highest BCUT2D eigenvalue weighted by Gasteiger charge is 2.04. The smallest absolute Gasteiger partial charge is 0.329 e. The fourth-order valence-corrected chi connectivity index (χ4v) is 1.18. The molecular formula is C10H16N4O5. The molecule has 19 heavy (non-hydrogen) atoms. The van der Waals surface area contributed by atoms with Gasteiger partial charge in [0.25, 0.3) is 0 Å². The highest BCUT2D eigenvalue weighted by atomic mass is 16.5. The van der Waals surface area contributed by atoms with Crippen molar-refractivity contribution >= 4 is 12.0 Å². The van der Waals surface area contributed by atoms with Crippen molar-refractivity contribution in [1.82, 2.24) is 20.8 Å². The molecule has 0 saturated carbocycles. The summed E-state index contributed by atoms with van der Waals surface area (Å²) >= 11 is 0. The number of aryl methyl sites for hydroxylation is 1. The van der Waals surface area contributed by atoms with Gasteiger partial charge in [-0.25, -0.2) is 9.59 Å². The first-order valence-electron chi connectivity index (χ1n) is 5.68. The van der Waals surface area contributed by atoms with Crippen LogP contribution in [0.5, 0.6) is 0 Å². The minimum Gasteiger partial charge on any atom is -0.480 e. The summed E-state index contributed by atoms with van der Waals surface area (Å²) < 4.78 is 9.62. The Labute approximate surface area is 109 Å². The number of hydrogen-bond acceptors (Lipinski definition) is 6. The molecule has 0 saturated heterocycles. The maximum Gasteiger partial charge on any atom is 0.329 e. The molecule has 0 aliphatic rings. The van der Waals surface area contributed by atoms with Gasteiger partial charge in [0, 0.05) is 19.5 Å². The molecule has 0 bridgehead atoms. The van der Waals surface area contributed by atoms with E-state index in [0.29, 0.717) is 24.7 Å². The molecule has 9 heteroatoms. The monoisotopic (exact) mass is 272 g/mol. The second kappa shape index (κ2) is 8.03. The minimum atomic E-state index is -1.04. The van der Waals surface area contributed by atoms with Crippen molar-refractivity contribution in [2.75, 3.05) is 26.3 Å². The summed E-state index contributed by atoms with van der Waals surface area (Å²) in [5.74, 6) is -0.0306. The van der Waals surface area contributed by atoms with Crippen molar-refractivity contribution in [2.24, 2.45) is 0 Å². The van der Waals surface area contributed by atoms with Crippen LogP contribution in [0.1, 0.15) is 11.7 Å². The Morgan fingerprint density at radius 1 is 1.37 bits per heavy atom. The van der Waals surface area contributed by atoms with Crippen molar-refractivity contribution in [1.29, 1.82) is 0 Å². The van der Waals surface area contributed by atoms with Crippen LogP contribution in [0, 0.1) is 6.92 Å². The number of rotatable bonds is 8. The number of urea groups is 1. The van der Waals surface area contributed by atoms with Crippen LogP contribution in [0.15, 0.2) is 4.52 Å². The number of hydrogen-bond donors (Lipinski definition) is 3. The summed E-state index contributed by atoms with van der Waals surface area (Å²) in [5.41, 5.74) is 0. The number of ether oxygens (including phenoxy) is 1. The summed E-state index contributed by atoms with van der Waals surface area (Å²) in [4.78, 5) is 25.4. The molecule has 0 aliphatic heterocycles. The zero-order valence-corrected chi connectivity index (χ0v) is 10.5. The largest absolute Gasteiger partial charge is 0.480 e. The van der Waals surface area contributed by atoms with Crippen LogP contribution in [0.2, 0.25) is 0 Å². The van der Waals surface area contributed by atoms with Crippen LogP contribution in [0.25, 0.3) is 0 Å². The lowest BCUT2D eigenvalue weighted by molar-refractivity contribution is -0.142. The third-order valence-corrected chi connectivity index (χ3v) is 1.95. The van der Waals surface area contributed by atoms with Gasteiger partial charge in [0.2, 0.25) is 5.89 Å². The predicted molar refractivity (Wildman–Crippen MR) is 62.6 cm³/mol. The third-order valence-electron chi connectivity index (χ3n) is 1.95. The Morgan fingerprint density at radius 3 is 2.74 bits per heavy atom. The van der Waals surface area contributed by atoms with Crippen LogP contribution >= 0.6 is 0 Å². The SMILES string of the molecule is Cc1noc(CCNC(=O)NCCOCC(=O)O)n1. The number of aromatic nitrogens is 2. The van der Waals surface area contributed by atoms with Gasteiger partial charge >= 0.3 is 12.0 Å². The average molecular weight is 272 g/mol. The number of carbonyl (C=O) groups excluding carboxylic acids is 1. The number of carboxylic acid groups (broad SMARTS) is 1. The second-order valence-corrected chi connectivity index (χ2v) is 3.61. The molecule has 1 aromatic rings. The first-order valence-corrected chi connectivity index (χ1v) is 5.68. The van der Waals surface area contributed by atoms with Gasteiger partial charge in [-0.2, -0.15) is 4.98 Å². The fraction of sp³-hybridized carbons (Fsp3) is 0.600. The van der Waals surface area contributed by atoms with Gasteiger partial charge in [-0.15, -0.1) is 0 Å². The average Bonchev–Trinajstić information content (AvgIpc) is 2.74. The second-order valence-electron chi connectivity index (χ2n) is 3.61.